The van der Waals surface area contributed by atoms with Gasteiger partial charge in [-0.2, -0.15) is 5.10 Å². The highest BCUT2D eigenvalue weighted by molar-refractivity contribution is 4.88. The van der Waals surface area contributed by atoms with E-state index in [9.17, 15) is 4.79 Å². The van der Waals surface area contributed by atoms with Crippen LogP contribution in [0.5, 0.6) is 0 Å². The first kappa shape index (κ1) is 7.96. The molecule has 0 aliphatic rings. The number of methoxy groups -OCH3 is 1. The summed E-state index contributed by atoms with van der Waals surface area (Å²) in [5, 5.41) is 5.85. The molecule has 6 heteroatoms. The molecular weight excluding hydrogens is 148 g/mol. The zero-order chi connectivity index (χ0) is 8.27. The molecule has 62 valence electrons. The van der Waals surface area contributed by atoms with Gasteiger partial charge in [0, 0.05) is 7.11 Å². The summed E-state index contributed by atoms with van der Waals surface area (Å²) in [6, 6.07) is -0.376. The molecule has 0 saturated heterocycles. The zero-order valence-corrected chi connectivity index (χ0v) is 6.13. The molecule has 0 saturated carbocycles. The van der Waals surface area contributed by atoms with Crippen LogP contribution < -0.4 is 11.4 Å². The fourth-order valence-corrected chi connectivity index (χ4v) is 0.717. The normalized spacial score (nSPS) is 13.3. The lowest BCUT2D eigenvalue weighted by molar-refractivity contribution is 0.178. The fraction of sp³-hybridized carbons (Fsp3) is 0.600. The molecule has 1 rings (SSSR count). The van der Waals surface area contributed by atoms with Gasteiger partial charge in [-0.3, -0.25) is 4.98 Å². The predicted molar refractivity (Wildman–Crippen MR) is 38.0 cm³/mol. The predicted octanol–water partition coefficient (Wildman–Crippen LogP) is -1.26. The van der Waals surface area contributed by atoms with Gasteiger partial charge in [-0.25, -0.2) is 9.89 Å². The number of hydrogen-bond donors (Lipinski definition) is 3. The summed E-state index contributed by atoms with van der Waals surface area (Å²) in [6.45, 7) is 0.334. The number of ether oxygens (including phenoxy) is 1. The molecule has 1 heterocycles. The van der Waals surface area contributed by atoms with Crippen molar-refractivity contribution in [2.45, 2.75) is 6.04 Å². The zero-order valence-electron chi connectivity index (χ0n) is 6.13. The van der Waals surface area contributed by atoms with Gasteiger partial charge in [0.15, 0.2) is 0 Å². The molecule has 0 fully saturated rings. The van der Waals surface area contributed by atoms with Crippen LogP contribution in [0.25, 0.3) is 0 Å². The highest BCUT2D eigenvalue weighted by Gasteiger charge is 2.08. The van der Waals surface area contributed by atoms with Crippen LogP contribution >= 0.6 is 0 Å². The van der Waals surface area contributed by atoms with Crippen LogP contribution in [0.3, 0.4) is 0 Å². The second kappa shape index (κ2) is 3.31. The van der Waals surface area contributed by atoms with Crippen LogP contribution in [0, 0.1) is 0 Å². The van der Waals surface area contributed by atoms with Gasteiger partial charge < -0.3 is 10.5 Å². The van der Waals surface area contributed by atoms with E-state index in [2.05, 4.69) is 15.2 Å². The Bertz CT molecular complexity index is 265. The molecule has 6 nitrogen and oxygen atoms in total. The van der Waals surface area contributed by atoms with Gasteiger partial charge in [-0.1, -0.05) is 0 Å². The van der Waals surface area contributed by atoms with Gasteiger partial charge in [0.25, 0.3) is 0 Å². The third-order valence-electron chi connectivity index (χ3n) is 1.22. The number of rotatable bonds is 3. The summed E-state index contributed by atoms with van der Waals surface area (Å²) >= 11 is 0. The Morgan fingerprint density at radius 1 is 1.82 bits per heavy atom. The van der Waals surface area contributed by atoms with E-state index in [1.54, 1.807) is 0 Å². The third-order valence-corrected chi connectivity index (χ3v) is 1.22. The molecule has 1 aromatic rings. The Morgan fingerprint density at radius 2 is 2.55 bits per heavy atom. The van der Waals surface area contributed by atoms with Crippen molar-refractivity contribution in [3.05, 3.63) is 16.3 Å². The molecule has 11 heavy (non-hydrogen) atoms. The van der Waals surface area contributed by atoms with Gasteiger partial charge >= 0.3 is 5.69 Å². The first-order chi connectivity index (χ1) is 5.24. The van der Waals surface area contributed by atoms with E-state index in [-0.39, 0.29) is 11.7 Å². The van der Waals surface area contributed by atoms with Crippen molar-refractivity contribution >= 4 is 0 Å². The van der Waals surface area contributed by atoms with Crippen LogP contribution in [-0.4, -0.2) is 28.9 Å². The summed E-state index contributed by atoms with van der Waals surface area (Å²) in [4.78, 5) is 13.0. The van der Waals surface area contributed by atoms with Gasteiger partial charge in [-0.05, 0) is 0 Å². The maximum absolute atomic E-state index is 10.5. The second-order valence-corrected chi connectivity index (χ2v) is 2.12. The Balaban J connectivity index is 2.68. The van der Waals surface area contributed by atoms with Crippen LogP contribution in [0.4, 0.5) is 0 Å². The van der Waals surface area contributed by atoms with Crippen molar-refractivity contribution in [1.82, 2.24) is 15.2 Å². The lowest BCUT2D eigenvalue weighted by atomic mass is 10.3. The lowest BCUT2D eigenvalue weighted by Gasteiger charge is -2.04. The maximum Gasteiger partial charge on any atom is 0.340 e. The van der Waals surface area contributed by atoms with Crippen LogP contribution in [0.15, 0.2) is 4.79 Å². The largest absolute Gasteiger partial charge is 0.383 e. The van der Waals surface area contributed by atoms with E-state index < -0.39 is 0 Å². The average Bonchev–Trinajstić information content (AvgIpc) is 2.36. The fourth-order valence-electron chi connectivity index (χ4n) is 0.717. The molecule has 0 aliphatic carbocycles. The molecule has 0 spiro atoms. The molecule has 0 aliphatic heterocycles. The van der Waals surface area contributed by atoms with Crippen LogP contribution in [0.1, 0.15) is 11.9 Å². The number of hydrogen-bond acceptors (Lipinski definition) is 4. The van der Waals surface area contributed by atoms with Gasteiger partial charge in [-0.15, -0.1) is 0 Å². The molecule has 0 radical (unpaired) electrons. The monoisotopic (exact) mass is 158 g/mol. The lowest BCUT2D eigenvalue weighted by Crippen LogP contribution is -2.18. The highest BCUT2D eigenvalue weighted by Crippen LogP contribution is 1.98. The summed E-state index contributed by atoms with van der Waals surface area (Å²) in [5.74, 6) is 0.414. The molecule has 0 amide bonds. The molecule has 0 unspecified atom stereocenters. The Labute approximate surface area is 62.8 Å². The maximum atomic E-state index is 10.5. The van der Waals surface area contributed by atoms with E-state index in [0.717, 1.165) is 0 Å². The van der Waals surface area contributed by atoms with Crippen molar-refractivity contribution in [2.75, 3.05) is 13.7 Å². The van der Waals surface area contributed by atoms with Gasteiger partial charge in [0.2, 0.25) is 0 Å². The van der Waals surface area contributed by atoms with E-state index in [4.69, 9.17) is 10.5 Å². The van der Waals surface area contributed by atoms with E-state index in [1.807, 2.05) is 0 Å². The molecule has 1 atom stereocenters. The molecular formula is C5H10N4O2. The summed E-state index contributed by atoms with van der Waals surface area (Å²) in [5.41, 5.74) is 5.19. The van der Waals surface area contributed by atoms with E-state index in [0.29, 0.717) is 12.4 Å². The minimum Gasteiger partial charge on any atom is -0.383 e. The van der Waals surface area contributed by atoms with Crippen molar-refractivity contribution in [1.29, 1.82) is 0 Å². The van der Waals surface area contributed by atoms with Crippen molar-refractivity contribution < 1.29 is 4.74 Å². The number of H-pyrrole nitrogens is 2. The highest BCUT2D eigenvalue weighted by atomic mass is 16.5. The first-order valence-corrected chi connectivity index (χ1v) is 3.13. The van der Waals surface area contributed by atoms with Crippen molar-refractivity contribution in [3.8, 4) is 0 Å². The standard InChI is InChI=1S/C5H10N4O2/c1-11-2-3(6)4-7-5(10)9-8-4/h3H,2,6H2,1H3,(H2,7,8,9,10)/t3-/m0/s1. The van der Waals surface area contributed by atoms with E-state index in [1.165, 1.54) is 7.11 Å². The minimum absolute atomic E-state index is 0.334. The third kappa shape index (κ3) is 1.89. The summed E-state index contributed by atoms with van der Waals surface area (Å²) in [7, 11) is 1.53. The Hall–Kier alpha value is -1.14. The van der Waals surface area contributed by atoms with Crippen LogP contribution in [0.2, 0.25) is 0 Å². The molecule has 0 bridgehead atoms. The second-order valence-electron chi connectivity index (χ2n) is 2.12. The van der Waals surface area contributed by atoms with E-state index >= 15 is 0 Å². The van der Waals surface area contributed by atoms with Crippen LogP contribution in [-0.2, 0) is 4.74 Å². The molecule has 4 N–H and O–H groups in total. The van der Waals surface area contributed by atoms with Gasteiger partial charge in [0.1, 0.15) is 5.82 Å². The average molecular weight is 158 g/mol. The van der Waals surface area contributed by atoms with Crippen molar-refractivity contribution in [2.24, 2.45) is 5.73 Å². The quantitative estimate of drug-likeness (QED) is 0.511. The smallest absolute Gasteiger partial charge is 0.340 e. The number of nitrogens with one attached hydrogen (secondary N) is 2. The number of nitrogens with zero attached hydrogens (tertiary/aromatic N) is 1. The molecule has 0 aromatic carbocycles. The number of nitrogens with two attached hydrogens (primary N) is 1. The summed E-state index contributed by atoms with van der Waals surface area (Å²) in [6.07, 6.45) is 0. The summed E-state index contributed by atoms with van der Waals surface area (Å²) < 4.78 is 4.77. The SMILES string of the molecule is COC[C@H](N)c1n[nH]c(=O)[nH]1. The minimum atomic E-state index is -0.376. The molecule has 1 aromatic heterocycles. The Morgan fingerprint density at radius 3 is 3.00 bits per heavy atom. The number of aromatic nitrogens is 3. The first-order valence-electron chi connectivity index (χ1n) is 3.13. The number of aromatic amines is 2. The van der Waals surface area contributed by atoms with Crippen molar-refractivity contribution in [3.63, 3.8) is 0 Å². The topological polar surface area (TPSA) is 96.8 Å². The Kier molecular flexibility index (Phi) is 2.40. The van der Waals surface area contributed by atoms with Gasteiger partial charge in [0.05, 0.1) is 12.6 Å².